The smallest absolute Gasteiger partial charge is 0.537 e. The lowest BCUT2D eigenvalue weighted by Crippen LogP contribution is -2.41. The topological polar surface area (TPSA) is 242 Å². The largest absolute Gasteiger partial charge is 0.569 e. The molecule has 2 aliphatic heterocycles. The van der Waals surface area contributed by atoms with E-state index < -0.39 is 49.2 Å². The number of anilines is 2. The summed E-state index contributed by atoms with van der Waals surface area (Å²) in [6.45, 7) is 0.178. The van der Waals surface area contributed by atoms with E-state index in [1.54, 1.807) is 24.3 Å². The van der Waals surface area contributed by atoms with Gasteiger partial charge in [0, 0.05) is 98.7 Å². The molecular formula is C50H47BBrCl2F4N10O10P2S2. The van der Waals surface area contributed by atoms with E-state index in [0.717, 1.165) is 18.2 Å². The number of nitrogens with zero attached hydrogens (tertiary/aromatic N) is 8. The molecule has 6 heterocycles. The normalized spacial score (nSPS) is 13.0. The Labute approximate surface area is 492 Å². The Hall–Kier alpha value is -6.58. The van der Waals surface area contributed by atoms with Crippen molar-refractivity contribution in [3.8, 4) is 39.8 Å². The molecule has 20 nitrogen and oxygen atoms in total. The fourth-order valence-corrected chi connectivity index (χ4v) is 11.2. The van der Waals surface area contributed by atoms with Crippen LogP contribution in [0.5, 0.6) is 17.2 Å². The van der Waals surface area contributed by atoms with Gasteiger partial charge in [-0.2, -0.15) is 55.4 Å². The van der Waals surface area contributed by atoms with E-state index in [9.17, 15) is 39.6 Å². The minimum atomic E-state index is -3.96. The van der Waals surface area contributed by atoms with Gasteiger partial charge in [-0.15, -0.1) is 10.2 Å². The van der Waals surface area contributed by atoms with Crippen molar-refractivity contribution in [3.05, 3.63) is 203 Å². The molecule has 2 unspecified atom stereocenters. The second-order valence-electron chi connectivity index (χ2n) is 16.9. The molecule has 2 aliphatic rings. The molecule has 2 atom stereocenters. The Morgan fingerprint density at radius 3 is 1.55 bits per heavy atom. The summed E-state index contributed by atoms with van der Waals surface area (Å²) in [5.41, 5.74) is 2.18. The third-order valence-electron chi connectivity index (χ3n) is 12.0. The van der Waals surface area contributed by atoms with E-state index in [2.05, 4.69) is 50.4 Å². The van der Waals surface area contributed by atoms with Crippen LogP contribution in [0, 0.1) is 23.3 Å². The van der Waals surface area contributed by atoms with Crippen LogP contribution in [0.4, 0.5) is 29.2 Å². The molecule has 0 amide bonds. The highest BCUT2D eigenvalue weighted by Gasteiger charge is 2.32. The Morgan fingerprint density at radius 1 is 0.622 bits per heavy atom. The van der Waals surface area contributed by atoms with Crippen LogP contribution in [0.1, 0.15) is 22.5 Å². The molecule has 0 fully saturated rings. The molecule has 32 heteroatoms. The van der Waals surface area contributed by atoms with Gasteiger partial charge in [0.05, 0.1) is 40.1 Å². The predicted octanol–water partition coefficient (Wildman–Crippen LogP) is 7.70. The average molecular weight is 1310 g/mol. The van der Waals surface area contributed by atoms with Crippen LogP contribution < -0.4 is 34.7 Å². The average Bonchev–Trinajstić information content (AvgIpc) is 3.64. The summed E-state index contributed by atoms with van der Waals surface area (Å²) < 4.78 is 133. The lowest BCUT2D eigenvalue weighted by molar-refractivity contribution is 0.385. The van der Waals surface area contributed by atoms with Gasteiger partial charge < -0.3 is 19.2 Å². The first-order chi connectivity index (χ1) is 38.2. The SMILES string of the molecule is COc1cc(-c2ccc(Cl)c(F)c2)c(F)cc1-n1c2c(ccc1=O)CN(S(=O)(=O)Nc1cccnn1)CC2.COc1cc(Br)c(F)cc1-n1c2c(ccc1=O)CN(S(=O)(=O)Nc1cccnn1)CC2.O[B]Oc1ccc(Cl)c(F)c1.P.P. The number of benzene rings is 4. The maximum Gasteiger partial charge on any atom is 0.569 e. The molecule has 0 aliphatic carbocycles. The van der Waals surface area contributed by atoms with Crippen LogP contribution in [0.3, 0.4) is 0 Å². The first kappa shape index (κ1) is 64.6. The van der Waals surface area contributed by atoms with Crippen molar-refractivity contribution >= 4 is 98.7 Å². The van der Waals surface area contributed by atoms with Crippen molar-refractivity contribution in [1.29, 1.82) is 0 Å². The molecule has 82 heavy (non-hydrogen) atoms. The first-order valence-electron chi connectivity index (χ1n) is 23.2. The zero-order valence-corrected chi connectivity index (χ0v) is 50.5. The fraction of sp³-hybridized carbons (Fsp3) is 0.160. The van der Waals surface area contributed by atoms with E-state index >= 15 is 4.39 Å². The second-order valence-corrected chi connectivity index (χ2v) is 21.9. The monoisotopic (exact) mass is 1310 g/mol. The van der Waals surface area contributed by atoms with Gasteiger partial charge in [0.1, 0.15) is 40.5 Å². The van der Waals surface area contributed by atoms with E-state index in [-0.39, 0.29) is 125 Å². The number of hydrogen-bond donors (Lipinski definition) is 3. The Kier molecular flexibility index (Phi) is 22.2. The number of halogens is 7. The number of pyridine rings is 2. The standard InChI is InChI=1S/C25H20ClF2N5O4S.C19H17BrFN5O4S.C6H4BClFO2.2H3P/c1-37-23-12-17(15-4-6-18(26)20(28)11-15)19(27)13-22(23)33-21-8-10-32(14-16(21)5-7-25(33)34)38(35,36)31-24-3-2-9-29-30-24;1-30-17-9-13(20)14(21)10-16(17)26-15-6-8-25(11-12(15)4-5-19(26)27)31(28,29)24-18-3-2-7-22-23-18;8-5-2-1-4(11-7-10)3-6(5)9;;/h2-7,9,11-13H,8,10,14H2,1H3,(H,30,31);2-5,7,9-10H,6,8,11H2,1H3,(H,23,24);1-3,10H;2*1H3. The molecule has 1 radical (unpaired) electrons. The van der Waals surface area contributed by atoms with Crippen molar-refractivity contribution in [2.45, 2.75) is 25.9 Å². The summed E-state index contributed by atoms with van der Waals surface area (Å²) in [5.74, 6) is -1.67. The van der Waals surface area contributed by atoms with Gasteiger partial charge in [-0.05, 0) is 93.3 Å². The predicted molar refractivity (Wildman–Crippen MR) is 315 cm³/mol. The number of ether oxygens (including phenoxy) is 2. The molecular weight excluding hydrogens is 1260 g/mol. The molecule has 431 valence electrons. The number of rotatable bonds is 13. The minimum absolute atomic E-state index is 0. The second kappa shape index (κ2) is 28.1. The highest BCUT2D eigenvalue weighted by atomic mass is 79.9. The summed E-state index contributed by atoms with van der Waals surface area (Å²) in [6, 6.07) is 24.8. The molecule has 4 aromatic heterocycles. The van der Waals surface area contributed by atoms with Crippen molar-refractivity contribution in [3.63, 3.8) is 0 Å². The summed E-state index contributed by atoms with van der Waals surface area (Å²) in [5, 5.41) is 22.9. The van der Waals surface area contributed by atoms with Gasteiger partial charge in [-0.3, -0.25) is 28.2 Å². The van der Waals surface area contributed by atoms with Crippen LogP contribution in [0.25, 0.3) is 22.5 Å². The number of fused-ring (bicyclic) bond motifs is 2. The summed E-state index contributed by atoms with van der Waals surface area (Å²) >= 11 is 14.2. The molecule has 10 rings (SSSR count). The van der Waals surface area contributed by atoms with E-state index in [4.69, 9.17) is 37.7 Å². The van der Waals surface area contributed by atoms with Crippen LogP contribution in [-0.2, 0) is 46.3 Å². The molecule has 0 spiro atoms. The molecule has 0 bridgehead atoms. The Bertz CT molecular complexity index is 3980. The molecule has 8 aromatic rings. The van der Waals surface area contributed by atoms with Gasteiger partial charge in [-0.1, -0.05) is 41.4 Å². The number of nitrogens with one attached hydrogen (secondary N) is 2. The first-order valence-corrected chi connectivity index (χ1v) is 27.7. The van der Waals surface area contributed by atoms with Gasteiger partial charge in [0.15, 0.2) is 11.6 Å². The van der Waals surface area contributed by atoms with E-state index in [1.807, 2.05) is 0 Å². The summed E-state index contributed by atoms with van der Waals surface area (Å²) in [4.78, 5) is 25.7. The van der Waals surface area contributed by atoms with E-state index in [0.29, 0.717) is 35.9 Å². The van der Waals surface area contributed by atoms with Crippen LogP contribution >= 0.6 is 58.9 Å². The summed E-state index contributed by atoms with van der Waals surface area (Å²) in [7, 11) is -4.58. The lowest BCUT2D eigenvalue weighted by Gasteiger charge is -2.30. The number of aromatic nitrogens is 6. The van der Waals surface area contributed by atoms with Crippen LogP contribution in [0.2, 0.25) is 10.0 Å². The van der Waals surface area contributed by atoms with Crippen molar-refractivity contribution in [1.82, 2.24) is 38.1 Å². The van der Waals surface area contributed by atoms with Crippen LogP contribution in [-0.4, -0.2) is 95.0 Å². The van der Waals surface area contributed by atoms with Crippen molar-refractivity contribution < 1.29 is 53.5 Å². The molecule has 4 aromatic carbocycles. The van der Waals surface area contributed by atoms with Crippen molar-refractivity contribution in [2.75, 3.05) is 36.8 Å². The lowest BCUT2D eigenvalue weighted by atomic mass is 10.0. The van der Waals surface area contributed by atoms with Gasteiger partial charge in [0.25, 0.3) is 11.1 Å². The van der Waals surface area contributed by atoms with Gasteiger partial charge in [-0.25, -0.2) is 17.6 Å². The van der Waals surface area contributed by atoms with Gasteiger partial charge in [0.2, 0.25) is 0 Å². The Morgan fingerprint density at radius 2 is 1.10 bits per heavy atom. The zero-order valence-electron chi connectivity index (χ0n) is 42.9. The fourth-order valence-electron chi connectivity index (χ4n) is 8.35. The number of hydrogen-bond acceptors (Lipinski definition) is 14. The molecule has 0 saturated carbocycles. The highest BCUT2D eigenvalue weighted by Crippen LogP contribution is 2.36. The Balaban J connectivity index is 0.000000221. The molecule has 0 saturated heterocycles. The quantitative estimate of drug-likeness (QED) is 0.0569. The maximum atomic E-state index is 15.3. The third kappa shape index (κ3) is 15.0. The minimum Gasteiger partial charge on any atom is -0.537 e. The maximum absolute atomic E-state index is 15.3. The third-order valence-corrected chi connectivity index (χ3v) is 16.2. The summed E-state index contributed by atoms with van der Waals surface area (Å²) in [6.07, 6.45) is 3.27. The van der Waals surface area contributed by atoms with E-state index in [1.165, 1.54) is 111 Å². The van der Waals surface area contributed by atoms with Crippen LogP contribution in [0.15, 0.2) is 136 Å². The molecule has 3 N–H and O–H groups in total. The zero-order chi connectivity index (χ0) is 57.5. The van der Waals surface area contributed by atoms with Crippen molar-refractivity contribution in [2.24, 2.45) is 0 Å². The number of methoxy groups -OCH3 is 2. The van der Waals surface area contributed by atoms with Gasteiger partial charge >= 0.3 is 28.1 Å². The highest BCUT2D eigenvalue weighted by molar-refractivity contribution is 9.10.